The van der Waals surface area contributed by atoms with Crippen LogP contribution in [0, 0.1) is 6.92 Å². The second-order valence-corrected chi connectivity index (χ2v) is 6.89. The summed E-state index contributed by atoms with van der Waals surface area (Å²) in [5, 5.41) is 8.64. The van der Waals surface area contributed by atoms with E-state index in [4.69, 9.17) is 12.2 Å². The minimum atomic E-state index is -4.58. The molecule has 1 amide bonds. The van der Waals surface area contributed by atoms with Gasteiger partial charge in [-0.1, -0.05) is 42.0 Å². The lowest BCUT2D eigenvalue weighted by Crippen LogP contribution is -2.45. The molecule has 146 valence electrons. The summed E-state index contributed by atoms with van der Waals surface area (Å²) in [5.41, 5.74) is 1.39. The van der Waals surface area contributed by atoms with E-state index < -0.39 is 23.7 Å². The number of rotatable bonds is 3. The number of amides is 1. The number of hydrogen-bond acceptors (Lipinski definition) is 2. The SMILES string of the molecule is CC1=C(C(=O)Nc2ccccc2C(F)(F)F)C(c2ccc(C)cc2)NC(=S)N1. The van der Waals surface area contributed by atoms with Crippen molar-refractivity contribution in [3.63, 3.8) is 0 Å². The van der Waals surface area contributed by atoms with Gasteiger partial charge in [-0.3, -0.25) is 4.79 Å². The van der Waals surface area contributed by atoms with Gasteiger partial charge in [0.25, 0.3) is 5.91 Å². The summed E-state index contributed by atoms with van der Waals surface area (Å²) in [6, 6.07) is 11.8. The van der Waals surface area contributed by atoms with Crippen LogP contribution in [-0.4, -0.2) is 11.0 Å². The normalized spacial score (nSPS) is 17.0. The van der Waals surface area contributed by atoms with E-state index in [1.54, 1.807) is 6.92 Å². The fourth-order valence-corrected chi connectivity index (χ4v) is 3.30. The maximum absolute atomic E-state index is 13.2. The molecule has 1 heterocycles. The highest BCUT2D eigenvalue weighted by Gasteiger charge is 2.35. The van der Waals surface area contributed by atoms with Crippen LogP contribution in [0.15, 0.2) is 59.8 Å². The van der Waals surface area contributed by atoms with Crippen molar-refractivity contribution in [2.45, 2.75) is 26.1 Å². The molecule has 2 aromatic carbocycles. The average Bonchev–Trinajstić information content (AvgIpc) is 2.61. The molecule has 1 aliphatic heterocycles. The Morgan fingerprint density at radius 2 is 1.71 bits per heavy atom. The molecule has 2 aromatic rings. The number of benzene rings is 2. The fourth-order valence-electron chi connectivity index (χ4n) is 3.03. The van der Waals surface area contributed by atoms with Crippen LogP contribution in [0.4, 0.5) is 18.9 Å². The second kappa shape index (κ2) is 7.63. The number of alkyl halides is 3. The van der Waals surface area contributed by atoms with E-state index in [2.05, 4.69) is 16.0 Å². The zero-order valence-corrected chi connectivity index (χ0v) is 16.0. The number of halogens is 3. The first-order valence-electron chi connectivity index (χ1n) is 8.49. The Balaban J connectivity index is 1.98. The zero-order valence-electron chi connectivity index (χ0n) is 15.1. The molecule has 0 radical (unpaired) electrons. The van der Waals surface area contributed by atoms with Crippen LogP contribution in [0.5, 0.6) is 0 Å². The first kappa shape index (κ1) is 19.9. The van der Waals surface area contributed by atoms with Gasteiger partial charge in [0.15, 0.2) is 5.11 Å². The molecule has 0 saturated heterocycles. The van der Waals surface area contributed by atoms with Gasteiger partial charge in [0.05, 0.1) is 22.9 Å². The number of thiocarbonyl (C=S) groups is 1. The van der Waals surface area contributed by atoms with E-state index in [0.29, 0.717) is 10.8 Å². The fraction of sp³-hybridized carbons (Fsp3) is 0.200. The van der Waals surface area contributed by atoms with Gasteiger partial charge in [-0.25, -0.2) is 0 Å². The van der Waals surface area contributed by atoms with Crippen LogP contribution in [0.2, 0.25) is 0 Å². The van der Waals surface area contributed by atoms with Gasteiger partial charge in [0.2, 0.25) is 0 Å². The van der Waals surface area contributed by atoms with Gasteiger partial charge in [0, 0.05) is 5.70 Å². The molecule has 1 aliphatic rings. The van der Waals surface area contributed by atoms with Crippen molar-refractivity contribution in [3.05, 3.63) is 76.5 Å². The molecule has 0 bridgehead atoms. The number of anilines is 1. The predicted molar refractivity (Wildman–Crippen MR) is 106 cm³/mol. The summed E-state index contributed by atoms with van der Waals surface area (Å²) in [5.74, 6) is -0.637. The molecular formula is C20H18F3N3OS. The van der Waals surface area contributed by atoms with E-state index in [0.717, 1.165) is 17.2 Å². The molecule has 0 spiro atoms. The maximum Gasteiger partial charge on any atom is 0.418 e. The number of nitrogens with one attached hydrogen (secondary N) is 3. The van der Waals surface area contributed by atoms with Crippen LogP contribution >= 0.6 is 12.2 Å². The van der Waals surface area contributed by atoms with Gasteiger partial charge in [-0.05, 0) is 43.8 Å². The summed E-state index contributed by atoms with van der Waals surface area (Å²) in [6.07, 6.45) is -4.58. The van der Waals surface area contributed by atoms with E-state index in [1.807, 2.05) is 31.2 Å². The standard InChI is InChI=1S/C20H18F3N3OS/c1-11-7-9-13(10-8-11)17-16(12(2)24-19(28)26-17)18(27)25-15-6-4-3-5-14(15)20(21,22)23/h3-10,17H,1-2H3,(H,25,27)(H2,24,26,28). The van der Waals surface area contributed by atoms with Crippen LogP contribution in [0.25, 0.3) is 0 Å². The Morgan fingerprint density at radius 3 is 2.36 bits per heavy atom. The minimum Gasteiger partial charge on any atom is -0.351 e. The summed E-state index contributed by atoms with van der Waals surface area (Å²) in [4.78, 5) is 13.0. The third-order valence-corrected chi connectivity index (χ3v) is 4.63. The van der Waals surface area contributed by atoms with Gasteiger partial charge in [0.1, 0.15) is 0 Å². The van der Waals surface area contributed by atoms with E-state index in [1.165, 1.54) is 18.2 Å². The molecule has 1 unspecified atom stereocenters. The third-order valence-electron chi connectivity index (χ3n) is 4.41. The Hall–Kier alpha value is -2.87. The Kier molecular flexibility index (Phi) is 5.42. The molecule has 1 atom stereocenters. The summed E-state index contributed by atoms with van der Waals surface area (Å²) in [7, 11) is 0. The number of carbonyl (C=O) groups is 1. The van der Waals surface area contributed by atoms with Crippen LogP contribution in [0.1, 0.15) is 29.7 Å². The largest absolute Gasteiger partial charge is 0.418 e. The smallest absolute Gasteiger partial charge is 0.351 e. The monoisotopic (exact) mass is 405 g/mol. The molecule has 0 aliphatic carbocycles. The third kappa shape index (κ3) is 4.17. The topological polar surface area (TPSA) is 53.2 Å². The maximum atomic E-state index is 13.2. The summed E-state index contributed by atoms with van der Waals surface area (Å²) < 4.78 is 39.7. The van der Waals surface area contributed by atoms with Gasteiger partial charge >= 0.3 is 6.18 Å². The number of allylic oxidation sites excluding steroid dienone is 1. The summed E-state index contributed by atoms with van der Waals surface area (Å²) in [6.45, 7) is 3.60. The number of aryl methyl sites for hydroxylation is 1. The van der Waals surface area contributed by atoms with Crippen molar-refractivity contribution in [2.75, 3.05) is 5.32 Å². The molecular weight excluding hydrogens is 387 g/mol. The van der Waals surface area contributed by atoms with Crippen molar-refractivity contribution >= 4 is 28.9 Å². The lowest BCUT2D eigenvalue weighted by Gasteiger charge is -2.30. The van der Waals surface area contributed by atoms with Crippen LogP contribution in [0.3, 0.4) is 0 Å². The molecule has 0 aromatic heterocycles. The van der Waals surface area contributed by atoms with Crippen molar-refractivity contribution in [3.8, 4) is 0 Å². The minimum absolute atomic E-state index is 0.273. The molecule has 0 saturated carbocycles. The quantitative estimate of drug-likeness (QED) is 0.661. The molecule has 3 rings (SSSR count). The van der Waals surface area contributed by atoms with Gasteiger partial charge in [-0.15, -0.1) is 0 Å². The summed E-state index contributed by atoms with van der Waals surface area (Å²) >= 11 is 5.19. The Bertz CT molecular complexity index is 952. The lowest BCUT2D eigenvalue weighted by molar-refractivity contribution is -0.137. The first-order valence-corrected chi connectivity index (χ1v) is 8.90. The van der Waals surface area contributed by atoms with E-state index >= 15 is 0 Å². The van der Waals surface area contributed by atoms with Crippen molar-refractivity contribution in [1.29, 1.82) is 0 Å². The lowest BCUT2D eigenvalue weighted by atomic mass is 9.94. The van der Waals surface area contributed by atoms with Crippen molar-refractivity contribution in [2.24, 2.45) is 0 Å². The Labute approximate surface area is 165 Å². The van der Waals surface area contributed by atoms with Crippen molar-refractivity contribution in [1.82, 2.24) is 10.6 Å². The Morgan fingerprint density at radius 1 is 1.07 bits per heavy atom. The zero-order chi connectivity index (χ0) is 20.5. The highest BCUT2D eigenvalue weighted by atomic mass is 32.1. The number of para-hydroxylation sites is 1. The van der Waals surface area contributed by atoms with Crippen LogP contribution in [-0.2, 0) is 11.0 Å². The highest BCUT2D eigenvalue weighted by Crippen LogP contribution is 2.35. The van der Waals surface area contributed by atoms with Crippen molar-refractivity contribution < 1.29 is 18.0 Å². The highest BCUT2D eigenvalue weighted by molar-refractivity contribution is 7.80. The second-order valence-electron chi connectivity index (χ2n) is 6.48. The van der Waals surface area contributed by atoms with E-state index in [-0.39, 0.29) is 11.3 Å². The molecule has 3 N–H and O–H groups in total. The predicted octanol–water partition coefficient (Wildman–Crippen LogP) is 4.45. The number of hydrogen-bond donors (Lipinski definition) is 3. The van der Waals surface area contributed by atoms with Gasteiger partial charge < -0.3 is 16.0 Å². The molecule has 0 fully saturated rings. The average molecular weight is 405 g/mol. The van der Waals surface area contributed by atoms with Crippen LogP contribution < -0.4 is 16.0 Å². The molecule has 8 heteroatoms. The molecule has 4 nitrogen and oxygen atoms in total. The van der Waals surface area contributed by atoms with E-state index in [9.17, 15) is 18.0 Å². The molecule has 28 heavy (non-hydrogen) atoms. The first-order chi connectivity index (χ1) is 13.2. The number of carbonyl (C=O) groups excluding carboxylic acids is 1. The van der Waals surface area contributed by atoms with Gasteiger partial charge in [-0.2, -0.15) is 13.2 Å².